The Morgan fingerprint density at radius 1 is 1.17 bits per heavy atom. The van der Waals surface area contributed by atoms with Gasteiger partial charge in [0.1, 0.15) is 0 Å². The second kappa shape index (κ2) is 6.25. The summed E-state index contributed by atoms with van der Waals surface area (Å²) in [4.78, 5) is 0. The van der Waals surface area contributed by atoms with Gasteiger partial charge in [-0.1, -0.05) is 6.92 Å². The largest absolute Gasteiger partial charge is 0.435 e. The highest BCUT2D eigenvalue weighted by atomic mass is 19.4. The number of hydrogen-bond acceptors (Lipinski definition) is 2. The van der Waals surface area contributed by atoms with Crippen molar-refractivity contribution in [1.29, 1.82) is 0 Å². The van der Waals surface area contributed by atoms with Crippen molar-refractivity contribution in [3.63, 3.8) is 0 Å². The molecule has 0 aliphatic carbocycles. The van der Waals surface area contributed by atoms with E-state index in [1.807, 2.05) is 0 Å². The lowest BCUT2D eigenvalue weighted by Gasteiger charge is -2.08. The van der Waals surface area contributed by atoms with E-state index in [9.17, 15) is 26.3 Å². The van der Waals surface area contributed by atoms with Crippen molar-refractivity contribution in [3.8, 4) is 0 Å². The van der Waals surface area contributed by atoms with E-state index in [-0.39, 0.29) is 18.7 Å². The molecule has 0 bridgehead atoms. The van der Waals surface area contributed by atoms with Crippen LogP contribution >= 0.6 is 0 Å². The first-order valence-electron chi connectivity index (χ1n) is 6.82. The van der Waals surface area contributed by atoms with Gasteiger partial charge in [0.25, 0.3) is 0 Å². The summed E-state index contributed by atoms with van der Waals surface area (Å²) < 4.78 is 76.4. The van der Waals surface area contributed by atoms with Crippen molar-refractivity contribution >= 4 is 0 Å². The van der Waals surface area contributed by atoms with Gasteiger partial charge in [-0.3, -0.25) is 9.78 Å². The number of aromatic nitrogens is 4. The molecular formula is C13H14F6N4. The van der Waals surface area contributed by atoms with Crippen LogP contribution in [0.5, 0.6) is 0 Å². The van der Waals surface area contributed by atoms with Crippen molar-refractivity contribution in [2.45, 2.75) is 45.1 Å². The molecule has 4 nitrogen and oxygen atoms in total. The summed E-state index contributed by atoms with van der Waals surface area (Å²) in [6.07, 6.45) is -8.40. The molecule has 0 spiro atoms. The fourth-order valence-corrected chi connectivity index (χ4v) is 2.21. The molecule has 0 fully saturated rings. The van der Waals surface area contributed by atoms with Crippen LogP contribution in [0.3, 0.4) is 0 Å². The molecular weight excluding hydrogens is 326 g/mol. The average Bonchev–Trinajstić information content (AvgIpc) is 3.00. The van der Waals surface area contributed by atoms with Gasteiger partial charge in [-0.05, 0) is 24.5 Å². The van der Waals surface area contributed by atoms with E-state index < -0.39 is 24.5 Å². The maximum absolute atomic E-state index is 12.7. The highest BCUT2D eigenvalue weighted by Crippen LogP contribution is 2.29. The summed E-state index contributed by atoms with van der Waals surface area (Å²) in [5.41, 5.74) is -0.401. The van der Waals surface area contributed by atoms with E-state index >= 15 is 0 Å². The minimum absolute atomic E-state index is 0.0453. The molecule has 0 amide bonds. The maximum atomic E-state index is 12.7. The Kier molecular flexibility index (Phi) is 4.71. The Labute approximate surface area is 127 Å². The Morgan fingerprint density at radius 3 is 2.43 bits per heavy atom. The molecule has 2 heterocycles. The third kappa shape index (κ3) is 4.49. The van der Waals surface area contributed by atoms with Gasteiger partial charge in [-0.15, -0.1) is 0 Å². The van der Waals surface area contributed by atoms with Crippen LogP contribution in [-0.4, -0.2) is 26.2 Å². The zero-order valence-electron chi connectivity index (χ0n) is 12.1. The molecule has 0 aliphatic rings. The third-order valence-electron chi connectivity index (χ3n) is 3.29. The zero-order chi connectivity index (χ0) is 17.3. The molecule has 0 aliphatic heterocycles. The molecule has 1 N–H and O–H groups in total. The van der Waals surface area contributed by atoms with Crippen molar-refractivity contribution in [2.75, 3.05) is 0 Å². The number of H-pyrrole nitrogens is 1. The molecule has 2 aromatic heterocycles. The van der Waals surface area contributed by atoms with Crippen LogP contribution in [0.1, 0.15) is 29.6 Å². The number of rotatable bonds is 5. The lowest BCUT2D eigenvalue weighted by atomic mass is 10.1. The topological polar surface area (TPSA) is 46.5 Å². The van der Waals surface area contributed by atoms with E-state index in [0.717, 1.165) is 6.07 Å². The van der Waals surface area contributed by atoms with Crippen molar-refractivity contribution < 1.29 is 26.3 Å². The van der Waals surface area contributed by atoms with Crippen LogP contribution in [0, 0.1) is 0 Å². The summed E-state index contributed by atoms with van der Waals surface area (Å²) in [7, 11) is 0. The Morgan fingerprint density at radius 2 is 1.87 bits per heavy atom. The van der Waals surface area contributed by atoms with Crippen LogP contribution in [0.2, 0.25) is 0 Å². The van der Waals surface area contributed by atoms with Gasteiger partial charge in [-0.2, -0.15) is 36.5 Å². The second-order valence-corrected chi connectivity index (χ2v) is 5.01. The molecule has 2 aromatic rings. The van der Waals surface area contributed by atoms with Gasteiger partial charge in [-0.25, -0.2) is 0 Å². The minimum atomic E-state index is -4.55. The van der Waals surface area contributed by atoms with Gasteiger partial charge in [0.2, 0.25) is 0 Å². The first kappa shape index (κ1) is 17.4. The molecule has 0 atom stereocenters. The summed E-state index contributed by atoms with van der Waals surface area (Å²) in [5, 5.41) is 9.34. The number of nitrogens with one attached hydrogen (secondary N) is 1. The monoisotopic (exact) mass is 340 g/mol. The Balaban J connectivity index is 2.13. The first-order valence-corrected chi connectivity index (χ1v) is 6.82. The SMILES string of the molecule is CCc1cc(C(F)(F)F)nn1CCc1cn[nH]c1CC(F)(F)F. The minimum Gasteiger partial charge on any atom is -0.282 e. The van der Waals surface area contributed by atoms with Crippen LogP contribution in [-0.2, 0) is 32.0 Å². The smallest absolute Gasteiger partial charge is 0.282 e. The third-order valence-corrected chi connectivity index (χ3v) is 3.29. The predicted molar refractivity (Wildman–Crippen MR) is 68.7 cm³/mol. The Hall–Kier alpha value is -2.00. The lowest BCUT2D eigenvalue weighted by Crippen LogP contribution is -2.14. The highest BCUT2D eigenvalue weighted by molar-refractivity contribution is 5.18. The summed E-state index contributed by atoms with van der Waals surface area (Å²) in [6.45, 7) is 1.73. The highest BCUT2D eigenvalue weighted by Gasteiger charge is 2.34. The lowest BCUT2D eigenvalue weighted by molar-refractivity contribution is -0.141. The molecule has 0 saturated carbocycles. The van der Waals surface area contributed by atoms with Crippen LogP contribution < -0.4 is 0 Å². The predicted octanol–water partition coefficient (Wildman–Crippen LogP) is 3.53. The van der Waals surface area contributed by atoms with Crippen LogP contribution in [0.25, 0.3) is 0 Å². The average molecular weight is 340 g/mol. The van der Waals surface area contributed by atoms with Crippen LogP contribution in [0.4, 0.5) is 26.3 Å². The molecule has 23 heavy (non-hydrogen) atoms. The fraction of sp³-hybridized carbons (Fsp3) is 0.538. The van der Waals surface area contributed by atoms with Crippen molar-refractivity contribution in [2.24, 2.45) is 0 Å². The van der Waals surface area contributed by atoms with Crippen LogP contribution in [0.15, 0.2) is 12.3 Å². The molecule has 128 valence electrons. The maximum Gasteiger partial charge on any atom is 0.435 e. The fourth-order valence-electron chi connectivity index (χ4n) is 2.21. The van der Waals surface area contributed by atoms with E-state index in [0.29, 0.717) is 17.7 Å². The number of halogens is 6. The summed E-state index contributed by atoms with van der Waals surface area (Å²) in [5.74, 6) is 0. The number of hydrogen-bond donors (Lipinski definition) is 1. The normalized spacial score (nSPS) is 12.8. The van der Waals surface area contributed by atoms with Gasteiger partial charge >= 0.3 is 12.4 Å². The number of alkyl halides is 6. The van der Waals surface area contributed by atoms with E-state index in [1.165, 1.54) is 10.9 Å². The number of nitrogens with zero attached hydrogens (tertiary/aromatic N) is 3. The molecule has 0 aromatic carbocycles. The molecule has 0 radical (unpaired) electrons. The van der Waals surface area contributed by atoms with Gasteiger partial charge in [0, 0.05) is 17.9 Å². The van der Waals surface area contributed by atoms with E-state index in [4.69, 9.17) is 0 Å². The second-order valence-electron chi connectivity index (χ2n) is 5.01. The molecule has 10 heteroatoms. The quantitative estimate of drug-likeness (QED) is 0.847. The van der Waals surface area contributed by atoms with Gasteiger partial charge in [0.05, 0.1) is 12.6 Å². The number of aryl methyl sites for hydroxylation is 3. The van der Waals surface area contributed by atoms with Crippen molar-refractivity contribution in [1.82, 2.24) is 20.0 Å². The molecule has 0 saturated heterocycles. The van der Waals surface area contributed by atoms with Gasteiger partial charge < -0.3 is 0 Å². The standard InChI is InChI=1S/C13H14F6N4/c1-2-9-5-11(13(17,18)19)22-23(9)4-3-8-7-20-21-10(8)6-12(14,15)16/h5,7H,2-4,6H2,1H3,(H,20,21). The summed E-state index contributed by atoms with van der Waals surface area (Å²) >= 11 is 0. The van der Waals surface area contributed by atoms with E-state index in [1.54, 1.807) is 6.92 Å². The van der Waals surface area contributed by atoms with Gasteiger partial charge in [0.15, 0.2) is 5.69 Å². The zero-order valence-corrected chi connectivity index (χ0v) is 12.1. The first-order chi connectivity index (χ1) is 10.6. The molecule has 2 rings (SSSR count). The number of aromatic amines is 1. The Bertz CT molecular complexity index is 652. The van der Waals surface area contributed by atoms with Crippen molar-refractivity contribution in [3.05, 3.63) is 34.9 Å². The van der Waals surface area contributed by atoms with E-state index in [2.05, 4.69) is 15.3 Å². The molecule has 0 unspecified atom stereocenters. The summed E-state index contributed by atoms with van der Waals surface area (Å²) in [6, 6.07) is 0.950.